The number of carbonyl (C=O) groups is 1. The summed E-state index contributed by atoms with van der Waals surface area (Å²) in [5.74, 6) is -0.290. The molecule has 2 heterocycles. The highest BCUT2D eigenvalue weighted by Gasteiger charge is 2.25. The Balaban J connectivity index is 1.44. The van der Waals surface area contributed by atoms with Gasteiger partial charge in [-0.1, -0.05) is 42.8 Å². The number of hydrogen-bond acceptors (Lipinski definition) is 3. The Bertz CT molecular complexity index is 791. The third-order valence-electron chi connectivity index (χ3n) is 5.29. The van der Waals surface area contributed by atoms with Crippen molar-refractivity contribution in [3.8, 4) is 0 Å². The van der Waals surface area contributed by atoms with Gasteiger partial charge in [-0.3, -0.25) is 14.7 Å². The normalized spacial score (nSPS) is 20.8. The summed E-state index contributed by atoms with van der Waals surface area (Å²) < 4.78 is 0. The van der Waals surface area contributed by atoms with Crippen LogP contribution in [0, 0.1) is 0 Å². The van der Waals surface area contributed by atoms with Gasteiger partial charge in [0, 0.05) is 19.3 Å². The molecule has 0 saturated carbocycles. The fraction of sp³-hybridized carbons (Fsp3) is 0.364. The highest BCUT2D eigenvalue weighted by molar-refractivity contribution is 6.01. The lowest BCUT2D eigenvalue weighted by atomic mass is 9.91. The van der Waals surface area contributed by atoms with Gasteiger partial charge >= 0.3 is 0 Å². The first-order chi connectivity index (χ1) is 12.8. The second-order valence-corrected chi connectivity index (χ2v) is 7.18. The van der Waals surface area contributed by atoms with E-state index in [2.05, 4.69) is 33.4 Å². The van der Waals surface area contributed by atoms with Crippen LogP contribution in [0.1, 0.15) is 41.9 Å². The Morgan fingerprint density at radius 2 is 1.81 bits per heavy atom. The molecule has 0 radical (unpaired) electrons. The number of hydrogen-bond donors (Lipinski definition) is 1. The third kappa shape index (κ3) is 3.86. The molecule has 26 heavy (non-hydrogen) atoms. The number of nitrogens with one attached hydrogen (secondary N) is 1. The Kier molecular flexibility index (Phi) is 5.12. The first-order valence-corrected chi connectivity index (χ1v) is 9.50. The van der Waals surface area contributed by atoms with E-state index in [1.54, 1.807) is 6.21 Å². The van der Waals surface area contributed by atoms with Gasteiger partial charge in [0.25, 0.3) is 0 Å². The van der Waals surface area contributed by atoms with Crippen molar-refractivity contribution in [2.75, 3.05) is 13.1 Å². The van der Waals surface area contributed by atoms with Gasteiger partial charge in [0.15, 0.2) is 0 Å². The molecule has 2 aromatic rings. The van der Waals surface area contributed by atoms with E-state index in [4.69, 9.17) is 0 Å². The van der Waals surface area contributed by atoms with Crippen LogP contribution in [0.3, 0.4) is 0 Å². The van der Waals surface area contributed by atoms with Crippen molar-refractivity contribution < 1.29 is 4.79 Å². The van der Waals surface area contributed by atoms with Gasteiger partial charge in [0.2, 0.25) is 5.91 Å². The highest BCUT2D eigenvalue weighted by Crippen LogP contribution is 2.24. The van der Waals surface area contributed by atoms with Gasteiger partial charge in [-0.2, -0.15) is 0 Å². The number of likely N-dealkylation sites (tertiary alicyclic amines) is 1. The molecule has 1 N–H and O–H groups in total. The molecule has 4 heteroatoms. The van der Waals surface area contributed by atoms with Crippen LogP contribution < -0.4 is 5.32 Å². The fourth-order valence-electron chi connectivity index (χ4n) is 3.80. The minimum atomic E-state index is -0.312. The number of benzene rings is 2. The molecule has 0 aliphatic carbocycles. The van der Waals surface area contributed by atoms with Crippen molar-refractivity contribution in [3.63, 3.8) is 0 Å². The Morgan fingerprint density at radius 1 is 1.04 bits per heavy atom. The average molecular weight is 347 g/mol. The van der Waals surface area contributed by atoms with Crippen LogP contribution in [0.25, 0.3) is 0 Å². The first-order valence-electron chi connectivity index (χ1n) is 9.50. The molecule has 0 aromatic heterocycles. The number of carbonyl (C=O) groups excluding carboxylic acids is 1. The lowest BCUT2D eigenvalue weighted by Crippen LogP contribution is -2.35. The van der Waals surface area contributed by atoms with Crippen LogP contribution in [0.15, 0.2) is 53.5 Å². The van der Waals surface area contributed by atoms with Crippen molar-refractivity contribution in [2.45, 2.75) is 38.3 Å². The molecule has 134 valence electrons. The maximum atomic E-state index is 12.2. The van der Waals surface area contributed by atoms with E-state index in [9.17, 15) is 4.79 Å². The Hall–Kier alpha value is -2.46. The largest absolute Gasteiger partial charge is 0.351 e. The van der Waals surface area contributed by atoms with Gasteiger partial charge in [-0.15, -0.1) is 0 Å². The van der Waals surface area contributed by atoms with Crippen molar-refractivity contribution in [1.82, 2.24) is 10.2 Å². The Morgan fingerprint density at radius 3 is 2.62 bits per heavy atom. The standard InChI is InChI=1S/C22H25N3O/c26-22-21(20-7-3-2-6-18(20)14-24-22)15-23-19-10-8-17(9-11-19)16-25-12-4-1-5-13-25/h2-3,6-11,15,21H,1,4-5,12-14,16H2,(H,24,26). The molecule has 2 aliphatic rings. The lowest BCUT2D eigenvalue weighted by molar-refractivity contribution is -0.121. The summed E-state index contributed by atoms with van der Waals surface area (Å²) in [6.45, 7) is 4.03. The van der Waals surface area contributed by atoms with E-state index >= 15 is 0 Å². The Labute approximate surface area is 154 Å². The van der Waals surface area contributed by atoms with Crippen LogP contribution in [-0.4, -0.2) is 30.1 Å². The quantitative estimate of drug-likeness (QED) is 0.855. The van der Waals surface area contributed by atoms with E-state index in [1.807, 2.05) is 30.3 Å². The van der Waals surface area contributed by atoms with E-state index in [1.165, 1.54) is 43.5 Å². The summed E-state index contributed by atoms with van der Waals surface area (Å²) in [7, 11) is 0. The summed E-state index contributed by atoms with van der Waals surface area (Å²) >= 11 is 0. The van der Waals surface area contributed by atoms with Gasteiger partial charge in [-0.25, -0.2) is 0 Å². The molecule has 4 nitrogen and oxygen atoms in total. The van der Waals surface area contributed by atoms with Crippen LogP contribution in [0.2, 0.25) is 0 Å². The lowest BCUT2D eigenvalue weighted by Gasteiger charge is -2.26. The topological polar surface area (TPSA) is 44.7 Å². The van der Waals surface area contributed by atoms with Gasteiger partial charge in [0.05, 0.1) is 11.6 Å². The van der Waals surface area contributed by atoms with Crippen molar-refractivity contribution in [2.24, 2.45) is 4.99 Å². The summed E-state index contributed by atoms with van der Waals surface area (Å²) in [4.78, 5) is 19.3. The second-order valence-electron chi connectivity index (χ2n) is 7.18. The van der Waals surface area contributed by atoms with Crippen LogP contribution >= 0.6 is 0 Å². The molecule has 0 spiro atoms. The first kappa shape index (κ1) is 17.0. The predicted molar refractivity (Wildman–Crippen MR) is 105 cm³/mol. The maximum absolute atomic E-state index is 12.2. The second kappa shape index (κ2) is 7.83. The van der Waals surface area contributed by atoms with Crippen LogP contribution in [0.4, 0.5) is 5.69 Å². The molecule has 0 bridgehead atoms. The summed E-state index contributed by atoms with van der Waals surface area (Å²) in [6.07, 6.45) is 5.76. The van der Waals surface area contributed by atoms with Crippen LogP contribution in [0.5, 0.6) is 0 Å². The van der Waals surface area contributed by atoms with Crippen molar-refractivity contribution in [1.29, 1.82) is 0 Å². The number of amides is 1. The van der Waals surface area contributed by atoms with Gasteiger partial charge in [0.1, 0.15) is 0 Å². The predicted octanol–water partition coefficient (Wildman–Crippen LogP) is 3.79. The summed E-state index contributed by atoms with van der Waals surface area (Å²) in [6, 6.07) is 16.5. The molecule has 2 aliphatic heterocycles. The third-order valence-corrected chi connectivity index (χ3v) is 5.29. The highest BCUT2D eigenvalue weighted by atomic mass is 16.1. The molecule has 2 aromatic carbocycles. The number of piperidine rings is 1. The molecule has 1 fully saturated rings. The van der Waals surface area contributed by atoms with E-state index in [-0.39, 0.29) is 11.8 Å². The maximum Gasteiger partial charge on any atom is 0.233 e. The van der Waals surface area contributed by atoms with E-state index in [0.29, 0.717) is 6.54 Å². The SMILES string of the molecule is O=C1NCc2ccccc2C1C=Nc1ccc(CN2CCCCC2)cc1. The van der Waals surface area contributed by atoms with Gasteiger partial charge < -0.3 is 5.32 Å². The summed E-state index contributed by atoms with van der Waals surface area (Å²) in [5.41, 5.74) is 4.44. The van der Waals surface area contributed by atoms with E-state index < -0.39 is 0 Å². The molecule has 1 unspecified atom stereocenters. The van der Waals surface area contributed by atoms with Crippen LogP contribution in [-0.2, 0) is 17.9 Å². The minimum absolute atomic E-state index is 0.0224. The number of nitrogens with zero attached hydrogens (tertiary/aromatic N) is 2. The number of aliphatic imine (C=N–C) groups is 1. The minimum Gasteiger partial charge on any atom is -0.351 e. The molecule has 1 amide bonds. The van der Waals surface area contributed by atoms with Crippen molar-refractivity contribution >= 4 is 17.8 Å². The number of rotatable bonds is 4. The zero-order valence-corrected chi connectivity index (χ0v) is 15.0. The average Bonchev–Trinajstić information content (AvgIpc) is 2.69. The molecule has 4 rings (SSSR count). The monoisotopic (exact) mass is 347 g/mol. The van der Waals surface area contributed by atoms with Gasteiger partial charge in [-0.05, 0) is 54.8 Å². The molecule has 1 atom stereocenters. The van der Waals surface area contributed by atoms with Crippen molar-refractivity contribution in [3.05, 3.63) is 65.2 Å². The molecular weight excluding hydrogens is 322 g/mol. The zero-order chi connectivity index (χ0) is 17.8. The smallest absolute Gasteiger partial charge is 0.233 e. The zero-order valence-electron chi connectivity index (χ0n) is 15.0. The molecule has 1 saturated heterocycles. The fourth-order valence-corrected chi connectivity index (χ4v) is 3.80. The van der Waals surface area contributed by atoms with E-state index in [0.717, 1.165) is 17.8 Å². The number of fused-ring (bicyclic) bond motifs is 1. The molecular formula is C22H25N3O. The summed E-state index contributed by atoms with van der Waals surface area (Å²) in [5, 5.41) is 2.94.